The summed E-state index contributed by atoms with van der Waals surface area (Å²) in [5.41, 5.74) is 5.36. The van der Waals surface area contributed by atoms with Crippen molar-refractivity contribution >= 4 is 40.4 Å². The number of nitrogens with zero attached hydrogens (tertiary/aromatic N) is 2. The first-order valence-corrected chi connectivity index (χ1v) is 10.9. The van der Waals surface area contributed by atoms with Gasteiger partial charge in [0.1, 0.15) is 11.6 Å². The van der Waals surface area contributed by atoms with Gasteiger partial charge in [0, 0.05) is 16.3 Å². The molecule has 5 nitrogen and oxygen atoms in total. The van der Waals surface area contributed by atoms with Crippen LogP contribution in [0.2, 0.25) is 5.02 Å². The minimum Gasteiger partial charge on any atom is -0.321 e. The summed E-state index contributed by atoms with van der Waals surface area (Å²) in [6, 6.07) is 20.3. The van der Waals surface area contributed by atoms with Gasteiger partial charge >= 0.3 is 0 Å². The molecule has 0 saturated carbocycles. The average molecular weight is 456 g/mol. The highest BCUT2D eigenvalue weighted by molar-refractivity contribution is 6.38. The Bertz CT molecular complexity index is 1340. The van der Waals surface area contributed by atoms with Gasteiger partial charge in [0.05, 0.1) is 17.8 Å². The molecule has 2 amide bonds. The largest absolute Gasteiger partial charge is 0.321 e. The van der Waals surface area contributed by atoms with Crippen molar-refractivity contribution in [2.45, 2.75) is 27.3 Å². The summed E-state index contributed by atoms with van der Waals surface area (Å²) in [6.45, 7) is 6.01. The van der Waals surface area contributed by atoms with Gasteiger partial charge in [0.25, 0.3) is 11.8 Å². The molecule has 164 valence electrons. The molecular weight excluding hydrogens is 434 g/mol. The third-order valence-electron chi connectivity index (χ3n) is 5.71. The quantitative estimate of drug-likeness (QED) is 0.403. The summed E-state index contributed by atoms with van der Waals surface area (Å²) in [5, 5.41) is 13.3. The van der Waals surface area contributed by atoms with Crippen LogP contribution in [0.15, 0.2) is 66.2 Å². The van der Waals surface area contributed by atoms with E-state index in [1.807, 2.05) is 63.2 Å². The SMILES string of the molecule is Cc1cc(C)c(NC(=O)/C(C#N)=C2/C(=O)N(Cc3ccccc3Cl)c3ccccc32)c(C)c1. The highest BCUT2D eigenvalue weighted by Crippen LogP contribution is 2.40. The molecule has 0 saturated heterocycles. The Morgan fingerprint density at radius 2 is 1.67 bits per heavy atom. The monoisotopic (exact) mass is 455 g/mol. The van der Waals surface area contributed by atoms with Crippen LogP contribution in [0, 0.1) is 32.1 Å². The van der Waals surface area contributed by atoms with Crippen molar-refractivity contribution in [3.8, 4) is 6.07 Å². The van der Waals surface area contributed by atoms with Gasteiger partial charge in [-0.25, -0.2) is 0 Å². The zero-order valence-corrected chi connectivity index (χ0v) is 19.3. The molecule has 0 aliphatic carbocycles. The molecule has 6 heteroatoms. The summed E-state index contributed by atoms with van der Waals surface area (Å²) < 4.78 is 0. The van der Waals surface area contributed by atoms with Crippen LogP contribution in [0.5, 0.6) is 0 Å². The number of nitrogens with one attached hydrogen (secondary N) is 1. The molecule has 33 heavy (non-hydrogen) atoms. The maximum atomic E-state index is 13.5. The van der Waals surface area contributed by atoms with Crippen LogP contribution >= 0.6 is 11.6 Å². The normalized spacial score (nSPS) is 14.0. The fourth-order valence-corrected chi connectivity index (χ4v) is 4.44. The van der Waals surface area contributed by atoms with E-state index in [-0.39, 0.29) is 17.7 Å². The van der Waals surface area contributed by atoms with Gasteiger partial charge in [0.2, 0.25) is 0 Å². The Morgan fingerprint density at radius 3 is 2.33 bits per heavy atom. The molecule has 0 spiro atoms. The minimum absolute atomic E-state index is 0.0973. The third-order valence-corrected chi connectivity index (χ3v) is 6.08. The van der Waals surface area contributed by atoms with E-state index < -0.39 is 11.8 Å². The number of carbonyl (C=O) groups excluding carboxylic acids is 2. The minimum atomic E-state index is -0.606. The van der Waals surface area contributed by atoms with Gasteiger partial charge in [-0.3, -0.25) is 9.59 Å². The topological polar surface area (TPSA) is 73.2 Å². The van der Waals surface area contributed by atoms with E-state index in [0.29, 0.717) is 22.0 Å². The van der Waals surface area contributed by atoms with E-state index in [1.54, 1.807) is 29.2 Å². The lowest BCUT2D eigenvalue weighted by Gasteiger charge is -2.18. The van der Waals surface area contributed by atoms with E-state index >= 15 is 0 Å². The molecule has 1 aliphatic heterocycles. The maximum absolute atomic E-state index is 13.5. The molecule has 0 bridgehead atoms. The molecule has 0 fully saturated rings. The fraction of sp³-hybridized carbons (Fsp3) is 0.148. The lowest BCUT2D eigenvalue weighted by atomic mass is 10.0. The van der Waals surface area contributed by atoms with Crippen LogP contribution in [0.1, 0.15) is 27.8 Å². The molecule has 0 atom stereocenters. The number of fused-ring (bicyclic) bond motifs is 1. The number of hydrogen-bond donors (Lipinski definition) is 1. The Labute approximate surface area is 197 Å². The van der Waals surface area contributed by atoms with Crippen LogP contribution in [-0.4, -0.2) is 11.8 Å². The number of amides is 2. The smallest absolute Gasteiger partial charge is 0.267 e. The first-order valence-electron chi connectivity index (χ1n) is 10.5. The summed E-state index contributed by atoms with van der Waals surface area (Å²) in [7, 11) is 0. The number of rotatable bonds is 4. The van der Waals surface area contributed by atoms with Crippen molar-refractivity contribution in [3.05, 3.63) is 99.1 Å². The van der Waals surface area contributed by atoms with Gasteiger partial charge in [-0.1, -0.05) is 65.7 Å². The second-order valence-corrected chi connectivity index (χ2v) is 8.50. The standard InChI is InChI=1S/C27H22ClN3O2/c1-16-12-17(2)25(18(3)13-16)30-26(32)21(14-29)24-20-9-5-7-11-23(20)31(27(24)33)15-19-8-4-6-10-22(19)28/h4-13H,15H2,1-3H3,(H,30,32)/b24-21+. The molecule has 0 radical (unpaired) electrons. The highest BCUT2D eigenvalue weighted by atomic mass is 35.5. The zero-order valence-electron chi connectivity index (χ0n) is 18.6. The van der Waals surface area contributed by atoms with Crippen molar-refractivity contribution < 1.29 is 9.59 Å². The van der Waals surface area contributed by atoms with Crippen LogP contribution in [0.3, 0.4) is 0 Å². The molecular formula is C27H22ClN3O2. The average Bonchev–Trinajstić information content (AvgIpc) is 3.05. The first kappa shape index (κ1) is 22.3. The van der Waals surface area contributed by atoms with Crippen molar-refractivity contribution in [2.24, 2.45) is 0 Å². The molecule has 1 heterocycles. The van der Waals surface area contributed by atoms with Crippen molar-refractivity contribution in [1.82, 2.24) is 0 Å². The molecule has 3 aromatic carbocycles. The first-order chi connectivity index (χ1) is 15.8. The molecule has 0 aromatic heterocycles. The number of anilines is 2. The number of carbonyl (C=O) groups is 2. The summed E-state index contributed by atoms with van der Waals surface area (Å²) in [4.78, 5) is 28.3. The molecule has 3 aromatic rings. The van der Waals surface area contributed by atoms with Gasteiger partial charge < -0.3 is 10.2 Å². The number of benzene rings is 3. The molecule has 1 aliphatic rings. The summed E-state index contributed by atoms with van der Waals surface area (Å²) in [6.07, 6.45) is 0. The van der Waals surface area contributed by atoms with E-state index in [4.69, 9.17) is 11.6 Å². The van der Waals surface area contributed by atoms with E-state index in [9.17, 15) is 14.9 Å². The summed E-state index contributed by atoms with van der Waals surface area (Å²) >= 11 is 6.32. The molecule has 1 N–H and O–H groups in total. The number of halogens is 1. The van der Waals surface area contributed by atoms with Gasteiger partial charge in [-0.05, 0) is 49.6 Å². The van der Waals surface area contributed by atoms with E-state index in [2.05, 4.69) is 5.32 Å². The van der Waals surface area contributed by atoms with Crippen LogP contribution in [0.25, 0.3) is 5.57 Å². The number of hydrogen-bond acceptors (Lipinski definition) is 3. The van der Waals surface area contributed by atoms with Gasteiger partial charge in [0.15, 0.2) is 0 Å². The van der Waals surface area contributed by atoms with Crippen molar-refractivity contribution in [3.63, 3.8) is 0 Å². The van der Waals surface area contributed by atoms with Crippen LogP contribution < -0.4 is 10.2 Å². The summed E-state index contributed by atoms with van der Waals surface area (Å²) in [5.74, 6) is -1.01. The lowest BCUT2D eigenvalue weighted by Crippen LogP contribution is -2.27. The van der Waals surface area contributed by atoms with Crippen LogP contribution in [-0.2, 0) is 16.1 Å². The molecule has 4 rings (SSSR count). The van der Waals surface area contributed by atoms with Crippen molar-refractivity contribution in [2.75, 3.05) is 10.2 Å². The zero-order chi connectivity index (χ0) is 23.7. The van der Waals surface area contributed by atoms with Gasteiger partial charge in [-0.15, -0.1) is 0 Å². The second-order valence-electron chi connectivity index (χ2n) is 8.09. The Balaban J connectivity index is 1.77. The number of para-hydroxylation sites is 1. The molecule has 0 unspecified atom stereocenters. The second kappa shape index (κ2) is 8.93. The van der Waals surface area contributed by atoms with E-state index in [1.165, 1.54) is 0 Å². The fourth-order valence-electron chi connectivity index (χ4n) is 4.25. The number of nitriles is 1. The Hall–Kier alpha value is -3.88. The highest BCUT2D eigenvalue weighted by Gasteiger charge is 2.36. The van der Waals surface area contributed by atoms with Crippen LogP contribution in [0.4, 0.5) is 11.4 Å². The lowest BCUT2D eigenvalue weighted by molar-refractivity contribution is -0.114. The van der Waals surface area contributed by atoms with Crippen molar-refractivity contribution in [1.29, 1.82) is 5.26 Å². The maximum Gasteiger partial charge on any atom is 0.267 e. The number of aryl methyl sites for hydroxylation is 3. The third kappa shape index (κ3) is 4.13. The predicted molar refractivity (Wildman–Crippen MR) is 131 cm³/mol. The Morgan fingerprint density at radius 1 is 1.03 bits per heavy atom. The van der Waals surface area contributed by atoms with Gasteiger partial charge in [-0.2, -0.15) is 5.26 Å². The van der Waals surface area contributed by atoms with E-state index in [0.717, 1.165) is 22.3 Å². The predicted octanol–water partition coefficient (Wildman–Crippen LogP) is 5.73. The Kier molecular flexibility index (Phi) is 6.04.